The molecule has 0 saturated heterocycles. The zero-order chi connectivity index (χ0) is 18.7. The fraction of sp³-hybridized carbons (Fsp3) is 0. The summed E-state index contributed by atoms with van der Waals surface area (Å²) in [5.74, 6) is 0.265. The largest absolute Gasteiger partial charge is 0.456 e. The summed E-state index contributed by atoms with van der Waals surface area (Å²) >= 11 is 11.7. The van der Waals surface area contributed by atoms with Gasteiger partial charge < -0.3 is 4.74 Å². The molecule has 0 heterocycles. The molecule has 0 amide bonds. The lowest BCUT2D eigenvalue weighted by Crippen LogP contribution is -2.12. The number of sulfonamides is 1. The number of nitrogens with one attached hydrogen (secondary N) is 1. The first kappa shape index (κ1) is 18.5. The molecule has 0 aromatic heterocycles. The third kappa shape index (κ3) is 4.27. The molecule has 0 radical (unpaired) electrons. The van der Waals surface area contributed by atoms with Crippen LogP contribution in [-0.4, -0.2) is 8.42 Å². The van der Waals surface area contributed by atoms with Gasteiger partial charge in [0.1, 0.15) is 17.3 Å². The van der Waals surface area contributed by atoms with Crippen molar-refractivity contribution in [3.8, 4) is 11.5 Å². The van der Waals surface area contributed by atoms with Gasteiger partial charge in [-0.1, -0.05) is 35.3 Å². The lowest BCUT2D eigenvalue weighted by molar-refractivity contribution is 0.482. The molecule has 0 aliphatic heterocycles. The van der Waals surface area contributed by atoms with Crippen molar-refractivity contribution >= 4 is 38.9 Å². The van der Waals surface area contributed by atoms with Gasteiger partial charge in [-0.15, -0.1) is 0 Å². The van der Waals surface area contributed by atoms with Gasteiger partial charge in [-0.3, -0.25) is 4.72 Å². The highest BCUT2D eigenvalue weighted by Gasteiger charge is 2.15. The molecule has 26 heavy (non-hydrogen) atoms. The summed E-state index contributed by atoms with van der Waals surface area (Å²) in [6.45, 7) is 0. The van der Waals surface area contributed by atoms with Crippen LogP contribution in [0.2, 0.25) is 10.0 Å². The van der Waals surface area contributed by atoms with E-state index in [9.17, 15) is 12.8 Å². The number of anilines is 1. The second-order valence-electron chi connectivity index (χ2n) is 5.24. The number of benzene rings is 3. The number of rotatable bonds is 5. The van der Waals surface area contributed by atoms with Gasteiger partial charge in [0, 0.05) is 0 Å². The molecule has 8 heteroatoms. The highest BCUT2D eigenvalue weighted by molar-refractivity contribution is 7.92. The van der Waals surface area contributed by atoms with Crippen molar-refractivity contribution in [2.45, 2.75) is 4.90 Å². The van der Waals surface area contributed by atoms with Gasteiger partial charge >= 0.3 is 0 Å². The quantitative estimate of drug-likeness (QED) is 0.583. The van der Waals surface area contributed by atoms with Crippen LogP contribution in [-0.2, 0) is 10.0 Å². The first-order valence-corrected chi connectivity index (χ1v) is 9.59. The second kappa shape index (κ2) is 7.53. The molecule has 4 nitrogen and oxygen atoms in total. The molecule has 3 aromatic carbocycles. The Balaban J connectivity index is 1.78. The van der Waals surface area contributed by atoms with Crippen molar-refractivity contribution in [2.75, 3.05) is 4.72 Å². The Hall–Kier alpha value is -2.28. The fourth-order valence-corrected chi connectivity index (χ4v) is 3.52. The van der Waals surface area contributed by atoms with E-state index in [4.69, 9.17) is 27.9 Å². The number of para-hydroxylation sites is 1. The Labute approximate surface area is 160 Å². The van der Waals surface area contributed by atoms with Crippen LogP contribution in [0.3, 0.4) is 0 Å². The predicted molar refractivity (Wildman–Crippen MR) is 100 cm³/mol. The molecule has 0 aliphatic carbocycles. The number of ether oxygens (including phenoxy) is 1. The number of hydrogen-bond donors (Lipinski definition) is 1. The molecule has 0 saturated carbocycles. The Kier molecular flexibility index (Phi) is 5.36. The van der Waals surface area contributed by atoms with Crippen LogP contribution < -0.4 is 9.46 Å². The zero-order valence-electron chi connectivity index (χ0n) is 13.1. The maximum atomic E-state index is 13.2. The molecule has 0 spiro atoms. The van der Waals surface area contributed by atoms with E-state index in [0.29, 0.717) is 16.5 Å². The highest BCUT2D eigenvalue weighted by Crippen LogP contribution is 2.29. The Bertz CT molecular complexity index is 1040. The zero-order valence-corrected chi connectivity index (χ0v) is 15.4. The van der Waals surface area contributed by atoms with E-state index in [1.165, 1.54) is 36.4 Å². The lowest BCUT2D eigenvalue weighted by atomic mass is 10.3. The van der Waals surface area contributed by atoms with Gasteiger partial charge in [-0.2, -0.15) is 0 Å². The molecule has 0 aliphatic rings. The van der Waals surface area contributed by atoms with Crippen LogP contribution in [0.1, 0.15) is 0 Å². The Morgan fingerprint density at radius 3 is 2.23 bits per heavy atom. The molecular formula is C18H12Cl2FNO3S. The van der Waals surface area contributed by atoms with Crippen molar-refractivity contribution in [3.63, 3.8) is 0 Å². The van der Waals surface area contributed by atoms with E-state index in [0.717, 1.165) is 6.07 Å². The lowest BCUT2D eigenvalue weighted by Gasteiger charge is -2.10. The number of halogens is 3. The molecule has 3 rings (SSSR count). The summed E-state index contributed by atoms with van der Waals surface area (Å²) in [7, 11) is -3.85. The van der Waals surface area contributed by atoms with Crippen LogP contribution in [0.5, 0.6) is 11.5 Å². The normalized spacial score (nSPS) is 11.2. The summed E-state index contributed by atoms with van der Waals surface area (Å²) in [5, 5.41) is 0.271. The summed E-state index contributed by atoms with van der Waals surface area (Å²) in [4.78, 5) is 0.0180. The van der Waals surface area contributed by atoms with Crippen LogP contribution >= 0.6 is 23.2 Å². The van der Waals surface area contributed by atoms with E-state index in [1.54, 1.807) is 24.3 Å². The van der Waals surface area contributed by atoms with Crippen molar-refractivity contribution < 1.29 is 17.5 Å². The van der Waals surface area contributed by atoms with E-state index < -0.39 is 15.8 Å². The van der Waals surface area contributed by atoms with E-state index in [-0.39, 0.29) is 15.6 Å². The van der Waals surface area contributed by atoms with E-state index >= 15 is 0 Å². The van der Waals surface area contributed by atoms with Gasteiger partial charge in [0.15, 0.2) is 0 Å². The van der Waals surface area contributed by atoms with Gasteiger partial charge in [0.05, 0.1) is 20.6 Å². The minimum Gasteiger partial charge on any atom is -0.456 e. The summed E-state index contributed by atoms with van der Waals surface area (Å²) in [6.07, 6.45) is 0. The minimum atomic E-state index is -3.85. The maximum absolute atomic E-state index is 13.2. The molecule has 1 N–H and O–H groups in total. The van der Waals surface area contributed by atoms with E-state index in [1.807, 2.05) is 0 Å². The topological polar surface area (TPSA) is 55.4 Å². The van der Waals surface area contributed by atoms with Gasteiger partial charge in [-0.25, -0.2) is 12.8 Å². The molecular weight excluding hydrogens is 400 g/mol. The standard InChI is InChI=1S/C18H12Cl2FNO3S/c19-15-3-1-2-4-18(15)25-13-6-8-14(9-7-13)26(23,24)22-12-5-10-17(21)16(20)11-12/h1-11,22H. The molecule has 134 valence electrons. The van der Waals surface area contributed by atoms with Crippen LogP contribution in [0.4, 0.5) is 10.1 Å². The molecule has 0 bridgehead atoms. The van der Waals surface area contributed by atoms with Crippen molar-refractivity contribution in [3.05, 3.63) is 82.6 Å². The molecule has 3 aromatic rings. The average molecular weight is 412 g/mol. The predicted octanol–water partition coefficient (Wildman–Crippen LogP) is 5.73. The van der Waals surface area contributed by atoms with Crippen LogP contribution in [0.15, 0.2) is 71.6 Å². The minimum absolute atomic E-state index is 0.0180. The summed E-state index contributed by atoms with van der Waals surface area (Å²) in [6, 6.07) is 16.3. The molecule has 0 unspecified atom stereocenters. The van der Waals surface area contributed by atoms with Crippen molar-refractivity contribution in [1.29, 1.82) is 0 Å². The van der Waals surface area contributed by atoms with Crippen LogP contribution in [0, 0.1) is 5.82 Å². The van der Waals surface area contributed by atoms with Crippen molar-refractivity contribution in [1.82, 2.24) is 0 Å². The third-order valence-corrected chi connectivity index (χ3v) is 5.37. The first-order valence-electron chi connectivity index (χ1n) is 7.35. The maximum Gasteiger partial charge on any atom is 0.261 e. The first-order chi connectivity index (χ1) is 12.3. The van der Waals surface area contributed by atoms with Crippen LogP contribution in [0.25, 0.3) is 0 Å². The van der Waals surface area contributed by atoms with Crippen molar-refractivity contribution in [2.24, 2.45) is 0 Å². The molecule has 0 fully saturated rings. The summed E-state index contributed by atoms with van der Waals surface area (Å²) in [5.41, 5.74) is 0.160. The van der Waals surface area contributed by atoms with Gasteiger partial charge in [-0.05, 0) is 54.6 Å². The SMILES string of the molecule is O=S(=O)(Nc1ccc(F)c(Cl)c1)c1ccc(Oc2ccccc2Cl)cc1. The number of hydrogen-bond acceptors (Lipinski definition) is 3. The Morgan fingerprint density at radius 2 is 1.58 bits per heavy atom. The third-order valence-electron chi connectivity index (χ3n) is 3.37. The Morgan fingerprint density at radius 1 is 0.885 bits per heavy atom. The monoisotopic (exact) mass is 411 g/mol. The smallest absolute Gasteiger partial charge is 0.261 e. The molecule has 0 atom stereocenters. The summed E-state index contributed by atoms with van der Waals surface area (Å²) < 4.78 is 46.0. The van der Waals surface area contributed by atoms with Gasteiger partial charge in [0.25, 0.3) is 10.0 Å². The highest BCUT2D eigenvalue weighted by atomic mass is 35.5. The second-order valence-corrected chi connectivity index (χ2v) is 7.74. The van der Waals surface area contributed by atoms with E-state index in [2.05, 4.69) is 4.72 Å². The average Bonchev–Trinajstić information content (AvgIpc) is 2.60. The van der Waals surface area contributed by atoms with Gasteiger partial charge in [0.2, 0.25) is 0 Å². The fourth-order valence-electron chi connectivity index (χ4n) is 2.12.